The van der Waals surface area contributed by atoms with E-state index in [0.29, 0.717) is 6.04 Å². The summed E-state index contributed by atoms with van der Waals surface area (Å²) in [5.41, 5.74) is 1.05. The zero-order valence-electron chi connectivity index (χ0n) is 13.8. The van der Waals surface area contributed by atoms with Crippen LogP contribution in [0, 0.1) is 0 Å². The maximum atomic E-state index is 10.0. The lowest BCUT2D eigenvalue weighted by molar-refractivity contribution is 0.110. The van der Waals surface area contributed by atoms with E-state index >= 15 is 0 Å². The summed E-state index contributed by atoms with van der Waals surface area (Å²) in [7, 11) is 2.22. The van der Waals surface area contributed by atoms with Crippen molar-refractivity contribution in [1.82, 2.24) is 9.80 Å². The number of aliphatic hydroxyl groups excluding tert-OH is 1. The molecule has 0 spiro atoms. The molecule has 1 fully saturated rings. The van der Waals surface area contributed by atoms with Crippen LogP contribution in [-0.4, -0.2) is 60.8 Å². The largest absolute Gasteiger partial charge is 0.395 e. The first kappa shape index (κ1) is 16.5. The third-order valence-corrected chi connectivity index (χ3v) is 4.87. The van der Waals surface area contributed by atoms with Crippen molar-refractivity contribution >= 4 is 0 Å². The van der Waals surface area contributed by atoms with Crippen molar-refractivity contribution in [2.45, 2.75) is 38.1 Å². The van der Waals surface area contributed by atoms with Crippen molar-refractivity contribution in [1.29, 1.82) is 0 Å². The highest BCUT2D eigenvalue weighted by Gasteiger charge is 2.32. The molecule has 21 heavy (non-hydrogen) atoms. The monoisotopic (exact) mass is 290 g/mol. The van der Waals surface area contributed by atoms with E-state index in [1.807, 2.05) is 6.07 Å². The Morgan fingerprint density at radius 3 is 2.57 bits per heavy atom. The Morgan fingerprint density at radius 2 is 1.95 bits per heavy atom. The lowest BCUT2D eigenvalue weighted by Crippen LogP contribution is -2.48. The van der Waals surface area contributed by atoms with Gasteiger partial charge in [0.15, 0.2) is 0 Å². The quantitative estimate of drug-likeness (QED) is 0.902. The molecule has 2 rings (SSSR count). The Labute approximate surface area is 129 Å². The van der Waals surface area contributed by atoms with E-state index in [9.17, 15) is 5.11 Å². The molecular formula is C18H30N2O. The second-order valence-electron chi connectivity index (χ2n) is 6.73. The third-order valence-electron chi connectivity index (χ3n) is 4.87. The van der Waals surface area contributed by atoms with Crippen LogP contribution in [0.3, 0.4) is 0 Å². The molecule has 1 aromatic rings. The minimum absolute atomic E-state index is 0.183. The molecule has 1 aliphatic rings. The van der Waals surface area contributed by atoms with Crippen molar-refractivity contribution in [2.24, 2.45) is 0 Å². The molecule has 2 atom stereocenters. The van der Waals surface area contributed by atoms with Crippen LogP contribution in [-0.2, 0) is 5.41 Å². The lowest BCUT2D eigenvalue weighted by atomic mass is 9.82. The van der Waals surface area contributed by atoms with Crippen molar-refractivity contribution in [3.05, 3.63) is 35.9 Å². The van der Waals surface area contributed by atoms with Crippen LogP contribution in [0.1, 0.15) is 32.3 Å². The summed E-state index contributed by atoms with van der Waals surface area (Å²) >= 11 is 0. The fourth-order valence-corrected chi connectivity index (χ4v) is 3.41. The van der Waals surface area contributed by atoms with Gasteiger partial charge in [-0.2, -0.15) is 0 Å². The summed E-state index contributed by atoms with van der Waals surface area (Å²) < 4.78 is 0. The molecule has 0 radical (unpaired) electrons. The average molecular weight is 290 g/mol. The van der Waals surface area contributed by atoms with Crippen LogP contribution in [0.5, 0.6) is 0 Å². The van der Waals surface area contributed by atoms with E-state index in [4.69, 9.17) is 0 Å². The van der Waals surface area contributed by atoms with Crippen LogP contribution >= 0.6 is 0 Å². The Kier molecular flexibility index (Phi) is 5.80. The minimum Gasteiger partial charge on any atom is -0.395 e. The fourth-order valence-electron chi connectivity index (χ4n) is 3.41. The van der Waals surface area contributed by atoms with Crippen LogP contribution in [0.15, 0.2) is 30.3 Å². The van der Waals surface area contributed by atoms with E-state index in [0.717, 1.165) is 19.6 Å². The Morgan fingerprint density at radius 1 is 1.24 bits per heavy atom. The summed E-state index contributed by atoms with van der Waals surface area (Å²) in [6.07, 6.45) is 2.38. The van der Waals surface area contributed by atoms with Gasteiger partial charge in [-0.05, 0) is 38.5 Å². The Hall–Kier alpha value is -0.900. The number of hydrogen-bond acceptors (Lipinski definition) is 3. The van der Waals surface area contributed by atoms with Crippen molar-refractivity contribution in [3.8, 4) is 0 Å². The zero-order chi connectivity index (χ0) is 15.3. The topological polar surface area (TPSA) is 26.7 Å². The molecule has 0 amide bonds. The van der Waals surface area contributed by atoms with Gasteiger partial charge < -0.3 is 10.0 Å². The molecule has 3 nitrogen and oxygen atoms in total. The van der Waals surface area contributed by atoms with Gasteiger partial charge in [0, 0.05) is 24.5 Å². The van der Waals surface area contributed by atoms with Gasteiger partial charge in [-0.15, -0.1) is 0 Å². The van der Waals surface area contributed by atoms with Crippen LogP contribution in [0.2, 0.25) is 0 Å². The number of hydrogen-bond donors (Lipinski definition) is 1. The Bertz CT molecular complexity index is 422. The number of nitrogens with zero attached hydrogens (tertiary/aromatic N) is 2. The molecule has 0 bridgehead atoms. The molecule has 118 valence electrons. The maximum Gasteiger partial charge on any atom is 0.0537 e. The smallest absolute Gasteiger partial charge is 0.0537 e. The molecular weight excluding hydrogens is 260 g/mol. The van der Waals surface area contributed by atoms with Gasteiger partial charge in [0.2, 0.25) is 0 Å². The summed E-state index contributed by atoms with van der Waals surface area (Å²) in [6, 6.07) is 11.0. The van der Waals surface area contributed by atoms with Crippen LogP contribution < -0.4 is 0 Å². The zero-order valence-corrected chi connectivity index (χ0v) is 13.8. The first-order valence-corrected chi connectivity index (χ1v) is 8.18. The fraction of sp³-hybridized carbons (Fsp3) is 0.667. The lowest BCUT2D eigenvalue weighted by Gasteiger charge is -2.38. The number of aliphatic hydroxyl groups is 1. The van der Waals surface area contributed by atoms with E-state index in [2.05, 4.69) is 55.0 Å². The molecule has 1 aliphatic heterocycles. The number of likely N-dealkylation sites (N-methyl/N-ethyl adjacent to an activating group) is 1. The van der Waals surface area contributed by atoms with Gasteiger partial charge in [0.05, 0.1) is 6.61 Å². The van der Waals surface area contributed by atoms with Crippen molar-refractivity contribution in [3.63, 3.8) is 0 Å². The second-order valence-corrected chi connectivity index (χ2v) is 6.73. The maximum absolute atomic E-state index is 10.0. The molecule has 0 saturated carbocycles. The minimum atomic E-state index is -0.183. The van der Waals surface area contributed by atoms with Gasteiger partial charge >= 0.3 is 0 Å². The van der Waals surface area contributed by atoms with Gasteiger partial charge in [0.1, 0.15) is 0 Å². The molecule has 1 aromatic carbocycles. The van der Waals surface area contributed by atoms with E-state index in [1.54, 1.807) is 0 Å². The molecule has 0 aliphatic carbocycles. The highest BCUT2D eigenvalue weighted by atomic mass is 16.3. The molecule has 3 heteroatoms. The van der Waals surface area contributed by atoms with E-state index < -0.39 is 0 Å². The molecule has 0 aromatic heterocycles. The predicted molar refractivity (Wildman–Crippen MR) is 88.6 cm³/mol. The van der Waals surface area contributed by atoms with Gasteiger partial charge in [-0.3, -0.25) is 4.90 Å². The normalized spacial score (nSPS) is 24.5. The summed E-state index contributed by atoms with van der Waals surface area (Å²) in [6.45, 7) is 9.02. The molecule has 1 saturated heterocycles. The predicted octanol–water partition coefficient (Wildman–Crippen LogP) is 2.35. The van der Waals surface area contributed by atoms with Gasteiger partial charge in [-0.25, -0.2) is 0 Å². The van der Waals surface area contributed by atoms with E-state index in [-0.39, 0.29) is 12.0 Å². The molecule has 1 heterocycles. The summed E-state index contributed by atoms with van der Waals surface area (Å²) in [5, 5.41) is 10.0. The first-order chi connectivity index (χ1) is 10.1. The van der Waals surface area contributed by atoms with Gasteiger partial charge in [0.25, 0.3) is 0 Å². The van der Waals surface area contributed by atoms with Gasteiger partial charge in [-0.1, -0.05) is 44.2 Å². The third kappa shape index (κ3) is 4.06. The highest BCUT2D eigenvalue weighted by molar-refractivity contribution is 5.25. The van der Waals surface area contributed by atoms with Crippen molar-refractivity contribution < 1.29 is 5.11 Å². The number of rotatable bonds is 5. The molecule has 2 unspecified atom stereocenters. The van der Waals surface area contributed by atoms with Crippen LogP contribution in [0.25, 0.3) is 0 Å². The second kappa shape index (κ2) is 7.39. The summed E-state index contributed by atoms with van der Waals surface area (Å²) in [4.78, 5) is 5.03. The van der Waals surface area contributed by atoms with E-state index in [1.165, 1.54) is 24.9 Å². The Balaban J connectivity index is 2.16. The standard InChI is InChI=1S/C18H30N2O/c1-4-17-13-19(3)11-8-12-20(17)14-18(2,15-21)16-9-6-5-7-10-16/h5-7,9-10,17,21H,4,8,11-15H2,1-3H3. The molecule has 1 N–H and O–H groups in total. The summed E-state index contributed by atoms with van der Waals surface area (Å²) in [5.74, 6) is 0. The van der Waals surface area contributed by atoms with Crippen LogP contribution in [0.4, 0.5) is 0 Å². The first-order valence-electron chi connectivity index (χ1n) is 8.18. The highest BCUT2D eigenvalue weighted by Crippen LogP contribution is 2.26. The number of benzene rings is 1. The van der Waals surface area contributed by atoms with Crippen molar-refractivity contribution in [2.75, 3.05) is 39.8 Å². The average Bonchev–Trinajstić information content (AvgIpc) is 2.69. The SMILES string of the molecule is CCC1CN(C)CCCN1CC(C)(CO)c1ccccc1.